The molecule has 0 N–H and O–H groups in total. The lowest BCUT2D eigenvalue weighted by Crippen LogP contribution is -2.00. The van der Waals surface area contributed by atoms with E-state index in [-0.39, 0.29) is 10.6 Å². The fourth-order valence-electron chi connectivity index (χ4n) is 1.78. The van der Waals surface area contributed by atoms with E-state index in [1.165, 1.54) is 12.1 Å². The lowest BCUT2D eigenvalue weighted by atomic mass is 10.0. The minimum Gasteiger partial charge on any atom is -0.496 e. The highest BCUT2D eigenvalue weighted by molar-refractivity contribution is 14.1. The molecule has 0 aliphatic carbocycles. The number of methoxy groups -OCH3 is 1. The number of alkyl halides is 1. The van der Waals surface area contributed by atoms with E-state index in [4.69, 9.17) is 4.74 Å². The van der Waals surface area contributed by atoms with E-state index in [1.807, 2.05) is 18.2 Å². The Morgan fingerprint density at radius 2 is 1.89 bits per heavy atom. The van der Waals surface area contributed by atoms with Crippen LogP contribution in [0.3, 0.4) is 0 Å². The quantitative estimate of drug-likeness (QED) is 0.390. The Morgan fingerprint density at radius 3 is 2.58 bits per heavy atom. The van der Waals surface area contributed by atoms with Gasteiger partial charge in [0.05, 0.1) is 11.9 Å². The molecule has 1 unspecified atom stereocenters. The molecule has 0 spiro atoms. The van der Waals surface area contributed by atoms with E-state index in [1.54, 1.807) is 13.2 Å². The Bertz CT molecular complexity index is 604. The normalized spacial score (nSPS) is 12.3. The predicted molar refractivity (Wildman–Crippen MR) is 90.6 cm³/mol. The maximum atomic E-state index is 13.5. The van der Waals surface area contributed by atoms with Crippen LogP contribution in [0.1, 0.15) is 16.0 Å². The van der Waals surface area contributed by atoms with Gasteiger partial charge in [-0.1, -0.05) is 31.9 Å². The summed E-state index contributed by atoms with van der Waals surface area (Å²) in [4.78, 5) is -0.123. The third kappa shape index (κ3) is 3.49. The maximum Gasteiger partial charge on any atom is 0.123 e. The van der Waals surface area contributed by atoms with Gasteiger partial charge in [-0.05, 0) is 64.6 Å². The van der Waals surface area contributed by atoms with Gasteiger partial charge in [-0.25, -0.2) is 4.39 Å². The molecule has 100 valence electrons. The van der Waals surface area contributed by atoms with Crippen LogP contribution >= 0.6 is 54.5 Å². The molecule has 1 atom stereocenters. The van der Waals surface area contributed by atoms with Crippen molar-refractivity contribution in [3.05, 3.63) is 61.4 Å². The molecular weight excluding hydrogens is 490 g/mol. The largest absolute Gasteiger partial charge is 0.496 e. The summed E-state index contributed by atoms with van der Waals surface area (Å²) in [7, 11) is 1.59. The molecule has 0 saturated carbocycles. The zero-order valence-electron chi connectivity index (χ0n) is 9.96. The summed E-state index contributed by atoms with van der Waals surface area (Å²) in [5.41, 5.74) is 1.84. The molecule has 0 fully saturated rings. The molecular formula is C14H10Br2FIO. The second-order valence-corrected chi connectivity index (χ2v) is 6.91. The molecule has 0 radical (unpaired) electrons. The van der Waals surface area contributed by atoms with Gasteiger partial charge in [0, 0.05) is 13.6 Å². The Morgan fingerprint density at radius 1 is 1.16 bits per heavy atom. The van der Waals surface area contributed by atoms with E-state index in [0.29, 0.717) is 5.75 Å². The standard InChI is InChI=1S/C14H10Br2FIO/c1-19-13-5-3-9(17)7-11(13)14(16)10-6-8(15)2-4-12(10)18/h2-7,14H,1H3. The zero-order valence-corrected chi connectivity index (χ0v) is 15.3. The van der Waals surface area contributed by atoms with Crippen LogP contribution in [0.25, 0.3) is 0 Å². The minimum atomic E-state index is -0.273. The van der Waals surface area contributed by atoms with Crippen molar-refractivity contribution in [2.24, 2.45) is 0 Å². The van der Waals surface area contributed by atoms with Gasteiger partial charge in [0.15, 0.2) is 0 Å². The zero-order chi connectivity index (χ0) is 14.0. The molecule has 2 aromatic rings. The summed E-state index contributed by atoms with van der Waals surface area (Å²) in [5.74, 6) is 0.393. The fraction of sp³-hybridized carbons (Fsp3) is 0.143. The first-order chi connectivity index (χ1) is 9.02. The summed E-state index contributed by atoms with van der Waals surface area (Å²) in [6, 6.07) is 10.5. The lowest BCUT2D eigenvalue weighted by molar-refractivity contribution is 0.409. The third-order valence-corrected chi connectivity index (χ3v) is 5.16. The molecule has 0 amide bonds. The average molecular weight is 500 g/mol. The van der Waals surface area contributed by atoms with Crippen molar-refractivity contribution in [2.75, 3.05) is 7.11 Å². The number of halogens is 4. The molecule has 0 aliphatic heterocycles. The molecule has 1 nitrogen and oxygen atoms in total. The SMILES string of the molecule is COc1ccc(F)cc1C(Br)c1cc(Br)ccc1I. The summed E-state index contributed by atoms with van der Waals surface area (Å²) in [6.07, 6.45) is 0. The number of hydrogen-bond acceptors (Lipinski definition) is 1. The molecule has 19 heavy (non-hydrogen) atoms. The average Bonchev–Trinajstić information content (AvgIpc) is 2.40. The van der Waals surface area contributed by atoms with Crippen molar-refractivity contribution in [1.29, 1.82) is 0 Å². The van der Waals surface area contributed by atoms with Crippen LogP contribution in [-0.4, -0.2) is 7.11 Å². The molecule has 5 heteroatoms. The molecule has 0 saturated heterocycles. The van der Waals surface area contributed by atoms with Gasteiger partial charge in [-0.2, -0.15) is 0 Å². The van der Waals surface area contributed by atoms with Crippen molar-refractivity contribution in [2.45, 2.75) is 4.83 Å². The topological polar surface area (TPSA) is 9.23 Å². The predicted octanol–water partition coefficient (Wildman–Crippen LogP) is 5.69. The van der Waals surface area contributed by atoms with Crippen LogP contribution in [0, 0.1) is 9.39 Å². The van der Waals surface area contributed by atoms with Crippen LogP contribution in [-0.2, 0) is 0 Å². The van der Waals surface area contributed by atoms with Crippen molar-refractivity contribution < 1.29 is 9.13 Å². The highest BCUT2D eigenvalue weighted by Crippen LogP contribution is 2.39. The first kappa shape index (κ1) is 15.3. The molecule has 0 aliphatic rings. The van der Waals surface area contributed by atoms with Crippen molar-refractivity contribution in [1.82, 2.24) is 0 Å². The van der Waals surface area contributed by atoms with Gasteiger partial charge < -0.3 is 4.74 Å². The van der Waals surface area contributed by atoms with Crippen LogP contribution in [0.4, 0.5) is 4.39 Å². The lowest BCUT2D eigenvalue weighted by Gasteiger charge is -2.16. The second kappa shape index (κ2) is 6.54. The van der Waals surface area contributed by atoms with Gasteiger partial charge >= 0.3 is 0 Å². The van der Waals surface area contributed by atoms with Crippen molar-refractivity contribution in [3.63, 3.8) is 0 Å². The Labute approximate surface area is 141 Å². The highest BCUT2D eigenvalue weighted by Gasteiger charge is 2.18. The van der Waals surface area contributed by atoms with E-state index < -0.39 is 0 Å². The first-order valence-corrected chi connectivity index (χ1v) is 8.24. The van der Waals surface area contributed by atoms with Crippen LogP contribution in [0.5, 0.6) is 5.75 Å². The third-order valence-electron chi connectivity index (χ3n) is 2.70. The van der Waals surface area contributed by atoms with Crippen LogP contribution in [0.15, 0.2) is 40.9 Å². The van der Waals surface area contributed by atoms with E-state index >= 15 is 0 Å². The number of rotatable bonds is 3. The summed E-state index contributed by atoms with van der Waals surface area (Å²) < 4.78 is 20.8. The molecule has 0 aromatic heterocycles. The van der Waals surface area contributed by atoms with Crippen molar-refractivity contribution in [3.8, 4) is 5.75 Å². The first-order valence-electron chi connectivity index (χ1n) is 5.45. The number of hydrogen-bond donors (Lipinski definition) is 0. The van der Waals surface area contributed by atoms with Gasteiger partial charge in [-0.15, -0.1) is 0 Å². The van der Waals surface area contributed by atoms with Crippen LogP contribution in [0.2, 0.25) is 0 Å². The summed E-state index contributed by atoms with van der Waals surface area (Å²) >= 11 is 9.36. The highest BCUT2D eigenvalue weighted by atomic mass is 127. The Balaban J connectivity index is 2.51. The fourth-order valence-corrected chi connectivity index (χ4v) is 3.97. The Kier molecular flexibility index (Phi) is 5.25. The van der Waals surface area contributed by atoms with Crippen molar-refractivity contribution >= 4 is 54.5 Å². The molecule has 2 rings (SSSR count). The van der Waals surface area contributed by atoms with Gasteiger partial charge in [0.2, 0.25) is 0 Å². The molecule has 0 bridgehead atoms. The molecule has 2 aromatic carbocycles. The summed E-state index contributed by atoms with van der Waals surface area (Å²) in [5, 5.41) is 0. The Hall–Kier alpha value is -0.140. The van der Waals surface area contributed by atoms with E-state index in [2.05, 4.69) is 54.5 Å². The minimum absolute atomic E-state index is 0.123. The number of ether oxygens (including phenoxy) is 1. The van der Waals surface area contributed by atoms with Gasteiger partial charge in [0.25, 0.3) is 0 Å². The van der Waals surface area contributed by atoms with E-state index in [0.717, 1.165) is 19.2 Å². The monoisotopic (exact) mass is 498 g/mol. The maximum absolute atomic E-state index is 13.5. The smallest absolute Gasteiger partial charge is 0.123 e. The number of benzene rings is 2. The van der Waals surface area contributed by atoms with Gasteiger partial charge in [-0.3, -0.25) is 0 Å². The second-order valence-electron chi connectivity index (χ2n) is 3.91. The van der Waals surface area contributed by atoms with E-state index in [9.17, 15) is 4.39 Å². The summed E-state index contributed by atoms with van der Waals surface area (Å²) in [6.45, 7) is 0. The van der Waals surface area contributed by atoms with Crippen LogP contribution < -0.4 is 4.74 Å². The van der Waals surface area contributed by atoms with Gasteiger partial charge in [0.1, 0.15) is 11.6 Å². The molecule has 0 heterocycles.